The van der Waals surface area contributed by atoms with Crippen LogP contribution in [0.5, 0.6) is 0 Å². The quantitative estimate of drug-likeness (QED) is 0.710. The van der Waals surface area contributed by atoms with Crippen molar-refractivity contribution in [2.45, 2.75) is 26.8 Å². The molecule has 0 aliphatic rings. The second-order valence-electron chi connectivity index (χ2n) is 4.50. The molecule has 2 N–H and O–H groups in total. The van der Waals surface area contributed by atoms with Crippen LogP contribution in [0.25, 0.3) is 0 Å². The molecule has 7 heteroatoms. The Morgan fingerprint density at radius 3 is 2.33 bits per heavy atom. The van der Waals surface area contributed by atoms with E-state index in [1.165, 1.54) is 4.31 Å². The Balaban J connectivity index is 2.30. The summed E-state index contributed by atoms with van der Waals surface area (Å²) in [6.07, 6.45) is 0.118. The maximum atomic E-state index is 11.8. The van der Waals surface area contributed by atoms with Gasteiger partial charge < -0.3 is 5.32 Å². The molecule has 1 aromatic carbocycles. The van der Waals surface area contributed by atoms with E-state index in [1.54, 1.807) is 13.8 Å². The molecule has 118 valence electrons. The highest BCUT2D eigenvalue weighted by molar-refractivity contribution is 7.87. The predicted molar refractivity (Wildman–Crippen MR) is 82.7 cm³/mol. The van der Waals surface area contributed by atoms with Crippen molar-refractivity contribution in [3.05, 3.63) is 35.9 Å². The van der Waals surface area contributed by atoms with E-state index in [2.05, 4.69) is 10.0 Å². The first-order chi connectivity index (χ1) is 9.99. The van der Waals surface area contributed by atoms with Gasteiger partial charge in [-0.05, 0) is 5.56 Å². The number of carbonyl (C=O) groups excluding carboxylic acids is 1. The van der Waals surface area contributed by atoms with Gasteiger partial charge in [-0.2, -0.15) is 12.7 Å². The van der Waals surface area contributed by atoms with E-state index in [-0.39, 0.29) is 18.9 Å². The van der Waals surface area contributed by atoms with Gasteiger partial charge in [0.25, 0.3) is 10.2 Å². The molecular weight excluding hydrogens is 290 g/mol. The van der Waals surface area contributed by atoms with Crippen LogP contribution in [-0.4, -0.2) is 38.3 Å². The van der Waals surface area contributed by atoms with Crippen LogP contribution in [0.3, 0.4) is 0 Å². The summed E-state index contributed by atoms with van der Waals surface area (Å²) in [5.74, 6) is -0.180. The van der Waals surface area contributed by atoms with Crippen molar-refractivity contribution in [2.24, 2.45) is 0 Å². The molecule has 21 heavy (non-hydrogen) atoms. The number of benzene rings is 1. The summed E-state index contributed by atoms with van der Waals surface area (Å²) in [7, 11) is -3.48. The van der Waals surface area contributed by atoms with E-state index < -0.39 is 10.2 Å². The van der Waals surface area contributed by atoms with Crippen LogP contribution in [0.15, 0.2) is 30.3 Å². The number of rotatable bonds is 9. The molecule has 6 nitrogen and oxygen atoms in total. The molecule has 1 aromatic rings. The maximum absolute atomic E-state index is 11.8. The standard InChI is InChI=1S/C14H23N3O3S/c1-3-17(4-2)21(19,20)16-11-10-14(18)15-12-13-8-6-5-7-9-13/h5-9,16H,3-4,10-12H2,1-2H3,(H,15,18). The molecule has 0 aliphatic heterocycles. The van der Waals surface area contributed by atoms with Crippen molar-refractivity contribution in [1.29, 1.82) is 0 Å². The zero-order valence-corrected chi connectivity index (χ0v) is 13.3. The van der Waals surface area contributed by atoms with E-state index in [0.29, 0.717) is 19.6 Å². The maximum Gasteiger partial charge on any atom is 0.279 e. The monoisotopic (exact) mass is 313 g/mol. The molecule has 0 unspecified atom stereocenters. The van der Waals surface area contributed by atoms with Gasteiger partial charge in [0, 0.05) is 32.6 Å². The predicted octanol–water partition coefficient (Wildman–Crippen LogP) is 0.869. The zero-order chi connectivity index (χ0) is 15.7. The fraction of sp³-hybridized carbons (Fsp3) is 0.500. The second kappa shape index (κ2) is 8.76. The van der Waals surface area contributed by atoms with Gasteiger partial charge in [0.2, 0.25) is 5.91 Å². The Labute approximate surface area is 126 Å². The Bertz CT molecular complexity index is 528. The minimum absolute atomic E-state index is 0.0967. The molecule has 0 aromatic heterocycles. The topological polar surface area (TPSA) is 78.5 Å². The van der Waals surface area contributed by atoms with E-state index >= 15 is 0 Å². The normalized spacial score (nSPS) is 11.6. The summed E-state index contributed by atoms with van der Waals surface area (Å²) in [4.78, 5) is 11.7. The first-order valence-electron chi connectivity index (χ1n) is 7.05. The largest absolute Gasteiger partial charge is 0.352 e. The Morgan fingerprint density at radius 2 is 1.76 bits per heavy atom. The molecule has 0 heterocycles. The van der Waals surface area contributed by atoms with Gasteiger partial charge in [-0.25, -0.2) is 4.72 Å². The van der Waals surface area contributed by atoms with Crippen molar-refractivity contribution in [3.63, 3.8) is 0 Å². The molecule has 0 spiro atoms. The average molecular weight is 313 g/mol. The first-order valence-corrected chi connectivity index (χ1v) is 8.49. The van der Waals surface area contributed by atoms with Gasteiger partial charge in [0.05, 0.1) is 0 Å². The molecule has 0 fully saturated rings. The second-order valence-corrected chi connectivity index (χ2v) is 6.25. The zero-order valence-electron chi connectivity index (χ0n) is 12.5. The first kappa shape index (κ1) is 17.6. The molecule has 0 bridgehead atoms. The molecule has 0 saturated carbocycles. The number of amides is 1. The smallest absolute Gasteiger partial charge is 0.279 e. The number of hydrogen-bond donors (Lipinski definition) is 2. The molecule has 0 aliphatic carbocycles. The van der Waals surface area contributed by atoms with Crippen LogP contribution in [0, 0.1) is 0 Å². The SMILES string of the molecule is CCN(CC)S(=O)(=O)NCCC(=O)NCc1ccccc1. The van der Waals surface area contributed by atoms with Crippen molar-refractivity contribution in [2.75, 3.05) is 19.6 Å². The molecule has 1 rings (SSSR count). The van der Waals surface area contributed by atoms with E-state index in [0.717, 1.165) is 5.56 Å². The Morgan fingerprint density at radius 1 is 1.14 bits per heavy atom. The lowest BCUT2D eigenvalue weighted by atomic mass is 10.2. The van der Waals surface area contributed by atoms with Crippen molar-refractivity contribution < 1.29 is 13.2 Å². The summed E-state index contributed by atoms with van der Waals surface area (Å²) in [6, 6.07) is 9.56. The van der Waals surface area contributed by atoms with Crippen LogP contribution >= 0.6 is 0 Å². The van der Waals surface area contributed by atoms with Crippen LogP contribution in [0.1, 0.15) is 25.8 Å². The fourth-order valence-corrected chi connectivity index (χ4v) is 3.06. The van der Waals surface area contributed by atoms with Gasteiger partial charge in [-0.1, -0.05) is 44.2 Å². The lowest BCUT2D eigenvalue weighted by molar-refractivity contribution is -0.121. The number of carbonyl (C=O) groups is 1. The summed E-state index contributed by atoms with van der Waals surface area (Å²) < 4.78 is 27.4. The highest BCUT2D eigenvalue weighted by Crippen LogP contribution is 1.98. The minimum atomic E-state index is -3.48. The molecule has 1 amide bonds. The van der Waals surface area contributed by atoms with Gasteiger partial charge in [0.15, 0.2) is 0 Å². The lowest BCUT2D eigenvalue weighted by Gasteiger charge is -2.18. The molecular formula is C14H23N3O3S. The third kappa shape index (κ3) is 6.24. The van der Waals surface area contributed by atoms with Crippen molar-refractivity contribution >= 4 is 16.1 Å². The highest BCUT2D eigenvalue weighted by Gasteiger charge is 2.17. The van der Waals surface area contributed by atoms with Crippen LogP contribution < -0.4 is 10.0 Å². The molecule has 0 saturated heterocycles. The Hall–Kier alpha value is -1.44. The van der Waals surface area contributed by atoms with Gasteiger partial charge in [0.1, 0.15) is 0 Å². The van der Waals surface area contributed by atoms with E-state index in [1.807, 2.05) is 30.3 Å². The third-order valence-corrected chi connectivity index (χ3v) is 4.78. The van der Waals surface area contributed by atoms with E-state index in [4.69, 9.17) is 0 Å². The van der Waals surface area contributed by atoms with Gasteiger partial charge in [-0.15, -0.1) is 0 Å². The summed E-state index contributed by atoms with van der Waals surface area (Å²) in [5.41, 5.74) is 1.01. The fourth-order valence-electron chi connectivity index (χ4n) is 1.83. The summed E-state index contributed by atoms with van der Waals surface area (Å²) >= 11 is 0. The van der Waals surface area contributed by atoms with Crippen LogP contribution in [0.2, 0.25) is 0 Å². The summed E-state index contributed by atoms with van der Waals surface area (Å²) in [6.45, 7) is 4.91. The van der Waals surface area contributed by atoms with Crippen LogP contribution in [-0.2, 0) is 21.5 Å². The molecule has 0 radical (unpaired) electrons. The Kier molecular flexibility index (Phi) is 7.35. The van der Waals surface area contributed by atoms with Gasteiger partial charge >= 0.3 is 0 Å². The van der Waals surface area contributed by atoms with Crippen LogP contribution in [0.4, 0.5) is 0 Å². The summed E-state index contributed by atoms with van der Waals surface area (Å²) in [5, 5.41) is 2.76. The average Bonchev–Trinajstić information content (AvgIpc) is 2.47. The third-order valence-electron chi connectivity index (χ3n) is 3.01. The highest BCUT2D eigenvalue weighted by atomic mass is 32.2. The van der Waals surface area contributed by atoms with Crippen molar-refractivity contribution in [1.82, 2.24) is 14.3 Å². The van der Waals surface area contributed by atoms with E-state index in [9.17, 15) is 13.2 Å². The minimum Gasteiger partial charge on any atom is -0.352 e. The molecule has 0 atom stereocenters. The number of nitrogens with zero attached hydrogens (tertiary/aromatic N) is 1. The number of hydrogen-bond acceptors (Lipinski definition) is 3. The van der Waals surface area contributed by atoms with Crippen molar-refractivity contribution in [3.8, 4) is 0 Å². The number of nitrogens with one attached hydrogen (secondary N) is 2. The van der Waals surface area contributed by atoms with Gasteiger partial charge in [-0.3, -0.25) is 4.79 Å². The lowest BCUT2D eigenvalue weighted by Crippen LogP contribution is -2.41.